The number of likely N-dealkylation sites (tertiary alicyclic amines) is 1. The Morgan fingerprint density at radius 2 is 2.17 bits per heavy atom. The van der Waals surface area contributed by atoms with Crippen molar-refractivity contribution in [1.29, 1.82) is 0 Å². The third kappa shape index (κ3) is 2.36. The second-order valence-corrected chi connectivity index (χ2v) is 7.12. The van der Waals surface area contributed by atoms with Gasteiger partial charge in [0.15, 0.2) is 0 Å². The number of hydrogen-bond acceptors (Lipinski definition) is 4. The SMILES string of the molecule is NC(=O)[C@]12CCOC[C@H]1CN(C(=O)CN1CCc3ccccc31)C2. The van der Waals surface area contributed by atoms with Crippen LogP contribution in [0.3, 0.4) is 0 Å². The number of amides is 2. The minimum atomic E-state index is -0.600. The average Bonchev–Trinajstić information content (AvgIpc) is 3.17. The van der Waals surface area contributed by atoms with Crippen molar-refractivity contribution in [2.75, 3.05) is 44.3 Å². The van der Waals surface area contributed by atoms with E-state index in [1.54, 1.807) is 0 Å². The van der Waals surface area contributed by atoms with Gasteiger partial charge in [0.2, 0.25) is 11.8 Å². The number of benzene rings is 1. The maximum atomic E-state index is 12.8. The van der Waals surface area contributed by atoms with Crippen molar-refractivity contribution in [3.63, 3.8) is 0 Å². The molecule has 0 radical (unpaired) electrons. The molecule has 1 aromatic carbocycles. The van der Waals surface area contributed by atoms with Crippen molar-refractivity contribution >= 4 is 17.5 Å². The fourth-order valence-electron chi connectivity index (χ4n) is 4.38. The van der Waals surface area contributed by atoms with Crippen LogP contribution in [0, 0.1) is 11.3 Å². The molecule has 3 heterocycles. The van der Waals surface area contributed by atoms with E-state index in [1.165, 1.54) is 5.56 Å². The van der Waals surface area contributed by atoms with Gasteiger partial charge in [-0.05, 0) is 24.5 Å². The van der Waals surface area contributed by atoms with Crippen LogP contribution in [0.15, 0.2) is 24.3 Å². The molecule has 0 aliphatic carbocycles. The van der Waals surface area contributed by atoms with E-state index in [9.17, 15) is 9.59 Å². The zero-order chi connectivity index (χ0) is 16.7. The Labute approximate surface area is 141 Å². The number of nitrogens with zero attached hydrogens (tertiary/aromatic N) is 2. The summed E-state index contributed by atoms with van der Waals surface area (Å²) in [6.45, 7) is 3.29. The monoisotopic (exact) mass is 329 g/mol. The molecule has 2 fully saturated rings. The molecule has 0 saturated carbocycles. The fourth-order valence-corrected chi connectivity index (χ4v) is 4.38. The highest BCUT2D eigenvalue weighted by Gasteiger charge is 2.53. The minimum Gasteiger partial charge on any atom is -0.381 e. The van der Waals surface area contributed by atoms with Crippen LogP contribution >= 0.6 is 0 Å². The van der Waals surface area contributed by atoms with Crippen LogP contribution in [0.5, 0.6) is 0 Å². The number of primary amides is 1. The first-order valence-corrected chi connectivity index (χ1v) is 8.58. The van der Waals surface area contributed by atoms with Gasteiger partial charge in [-0.3, -0.25) is 9.59 Å². The van der Waals surface area contributed by atoms with E-state index in [0.29, 0.717) is 39.3 Å². The van der Waals surface area contributed by atoms with Gasteiger partial charge in [0.1, 0.15) is 0 Å². The zero-order valence-corrected chi connectivity index (χ0v) is 13.7. The highest BCUT2D eigenvalue weighted by atomic mass is 16.5. The molecule has 6 nitrogen and oxygen atoms in total. The number of ether oxygens (including phenoxy) is 1. The molecule has 3 aliphatic heterocycles. The Bertz CT molecular complexity index is 677. The summed E-state index contributed by atoms with van der Waals surface area (Å²) in [5.41, 5.74) is 7.53. The first-order chi connectivity index (χ1) is 11.6. The van der Waals surface area contributed by atoms with E-state index < -0.39 is 5.41 Å². The number of rotatable bonds is 3. The Kier molecular flexibility index (Phi) is 3.72. The molecule has 2 amide bonds. The first kappa shape index (κ1) is 15.4. The fraction of sp³-hybridized carbons (Fsp3) is 0.556. The molecule has 2 atom stereocenters. The van der Waals surface area contributed by atoms with Crippen molar-refractivity contribution in [2.24, 2.45) is 17.1 Å². The summed E-state index contributed by atoms with van der Waals surface area (Å²) in [6.07, 6.45) is 1.59. The van der Waals surface area contributed by atoms with Crippen molar-refractivity contribution in [3.05, 3.63) is 29.8 Å². The number of fused-ring (bicyclic) bond motifs is 2. The predicted molar refractivity (Wildman–Crippen MR) is 89.5 cm³/mol. The van der Waals surface area contributed by atoms with Crippen molar-refractivity contribution in [2.45, 2.75) is 12.8 Å². The van der Waals surface area contributed by atoms with Gasteiger partial charge in [-0.1, -0.05) is 18.2 Å². The van der Waals surface area contributed by atoms with Crippen molar-refractivity contribution in [3.8, 4) is 0 Å². The second kappa shape index (κ2) is 5.77. The maximum absolute atomic E-state index is 12.8. The Morgan fingerprint density at radius 3 is 2.96 bits per heavy atom. The molecule has 2 saturated heterocycles. The third-order valence-corrected chi connectivity index (χ3v) is 5.86. The Morgan fingerprint density at radius 1 is 1.33 bits per heavy atom. The van der Waals surface area contributed by atoms with Crippen LogP contribution in [0.25, 0.3) is 0 Å². The van der Waals surface area contributed by atoms with E-state index >= 15 is 0 Å². The van der Waals surface area contributed by atoms with Gasteiger partial charge in [-0.25, -0.2) is 0 Å². The van der Waals surface area contributed by atoms with E-state index in [0.717, 1.165) is 18.7 Å². The molecule has 6 heteroatoms. The number of carbonyl (C=O) groups is 2. The average molecular weight is 329 g/mol. The molecular formula is C18H23N3O3. The Balaban J connectivity index is 1.47. The van der Waals surface area contributed by atoms with E-state index in [1.807, 2.05) is 17.0 Å². The van der Waals surface area contributed by atoms with Crippen molar-refractivity contribution in [1.82, 2.24) is 4.90 Å². The van der Waals surface area contributed by atoms with E-state index in [4.69, 9.17) is 10.5 Å². The lowest BCUT2D eigenvalue weighted by atomic mass is 9.74. The molecule has 3 aliphatic rings. The summed E-state index contributed by atoms with van der Waals surface area (Å²) in [5, 5.41) is 0. The minimum absolute atomic E-state index is 0.0264. The molecule has 0 aromatic heterocycles. The van der Waals surface area contributed by atoms with Crippen LogP contribution in [-0.2, 0) is 20.7 Å². The normalized spacial score (nSPS) is 28.6. The Hall–Kier alpha value is -2.08. The standard InChI is InChI=1S/C18H23N3O3/c19-17(23)18-6-8-24-11-14(18)9-21(12-18)16(22)10-20-7-5-13-3-1-2-4-15(13)20/h1-4,14H,5-12H2,(H2,19,23)/t14-,18+/m1/s1. The van der Waals surface area contributed by atoms with Gasteiger partial charge in [-0.15, -0.1) is 0 Å². The third-order valence-electron chi connectivity index (χ3n) is 5.86. The molecular weight excluding hydrogens is 306 g/mol. The van der Waals surface area contributed by atoms with Gasteiger partial charge in [-0.2, -0.15) is 0 Å². The lowest BCUT2D eigenvalue weighted by molar-refractivity contribution is -0.136. The van der Waals surface area contributed by atoms with E-state index in [-0.39, 0.29) is 17.7 Å². The van der Waals surface area contributed by atoms with Crippen LogP contribution in [-0.4, -0.2) is 56.1 Å². The lowest BCUT2D eigenvalue weighted by Crippen LogP contribution is -2.48. The van der Waals surface area contributed by atoms with Crippen LogP contribution < -0.4 is 10.6 Å². The topological polar surface area (TPSA) is 75.9 Å². The van der Waals surface area contributed by atoms with Gasteiger partial charge in [0.25, 0.3) is 0 Å². The lowest BCUT2D eigenvalue weighted by Gasteiger charge is -2.35. The maximum Gasteiger partial charge on any atom is 0.242 e. The molecule has 0 spiro atoms. The summed E-state index contributed by atoms with van der Waals surface area (Å²) in [7, 11) is 0. The van der Waals surface area contributed by atoms with Gasteiger partial charge >= 0.3 is 0 Å². The molecule has 0 bridgehead atoms. The molecule has 24 heavy (non-hydrogen) atoms. The van der Waals surface area contributed by atoms with Crippen LogP contribution in [0.2, 0.25) is 0 Å². The molecule has 1 aromatic rings. The van der Waals surface area contributed by atoms with E-state index in [2.05, 4.69) is 17.0 Å². The second-order valence-electron chi connectivity index (χ2n) is 7.12. The van der Waals surface area contributed by atoms with Gasteiger partial charge in [0, 0.05) is 37.8 Å². The zero-order valence-electron chi connectivity index (χ0n) is 13.7. The number of para-hydroxylation sites is 1. The molecule has 128 valence electrons. The summed E-state index contributed by atoms with van der Waals surface area (Å²) < 4.78 is 5.51. The number of anilines is 1. The summed E-state index contributed by atoms with van der Waals surface area (Å²) in [4.78, 5) is 28.8. The van der Waals surface area contributed by atoms with Gasteiger partial charge in [0.05, 0.1) is 18.6 Å². The molecule has 2 N–H and O–H groups in total. The van der Waals surface area contributed by atoms with Gasteiger partial charge < -0.3 is 20.3 Å². The highest BCUT2D eigenvalue weighted by Crippen LogP contribution is 2.42. The summed E-state index contributed by atoms with van der Waals surface area (Å²) in [6, 6.07) is 8.22. The van der Waals surface area contributed by atoms with Crippen LogP contribution in [0.1, 0.15) is 12.0 Å². The highest BCUT2D eigenvalue weighted by molar-refractivity contribution is 5.86. The van der Waals surface area contributed by atoms with Crippen molar-refractivity contribution < 1.29 is 14.3 Å². The summed E-state index contributed by atoms with van der Waals surface area (Å²) >= 11 is 0. The quantitative estimate of drug-likeness (QED) is 0.871. The smallest absolute Gasteiger partial charge is 0.242 e. The number of hydrogen-bond donors (Lipinski definition) is 1. The number of carbonyl (C=O) groups excluding carboxylic acids is 2. The molecule has 0 unspecified atom stereocenters. The first-order valence-electron chi connectivity index (χ1n) is 8.58. The number of nitrogens with two attached hydrogens (primary N) is 1. The van der Waals surface area contributed by atoms with Crippen LogP contribution in [0.4, 0.5) is 5.69 Å². The largest absolute Gasteiger partial charge is 0.381 e. The molecule has 4 rings (SSSR count). The summed E-state index contributed by atoms with van der Waals surface area (Å²) in [5.74, 6) is -0.196. The predicted octanol–water partition coefficient (Wildman–Crippen LogP) is 0.400.